The number of aliphatic carboxylic acids is 1. The van der Waals surface area contributed by atoms with Crippen LogP contribution in [0.2, 0.25) is 0 Å². The number of carbonyl (C=O) groups is 2. The van der Waals surface area contributed by atoms with Gasteiger partial charge in [0, 0.05) is 5.69 Å². The summed E-state index contributed by atoms with van der Waals surface area (Å²) in [6.07, 6.45) is 0.805. The molecule has 0 aromatic carbocycles. The SMILES string of the molecule is CC(C)Cc1cc(C(=O)NCC(=O)O)n[nH]1. The Labute approximate surface area is 93.1 Å². The second-order valence-corrected chi connectivity index (χ2v) is 3.95. The zero-order valence-corrected chi connectivity index (χ0v) is 9.28. The first-order valence-electron chi connectivity index (χ1n) is 5.03. The molecule has 0 bridgehead atoms. The molecule has 6 nitrogen and oxygen atoms in total. The molecule has 0 saturated heterocycles. The summed E-state index contributed by atoms with van der Waals surface area (Å²) >= 11 is 0. The Morgan fingerprint density at radius 1 is 1.56 bits per heavy atom. The van der Waals surface area contributed by atoms with Crippen LogP contribution in [0.25, 0.3) is 0 Å². The minimum absolute atomic E-state index is 0.219. The molecule has 1 rings (SSSR count). The lowest BCUT2D eigenvalue weighted by Crippen LogP contribution is -2.29. The van der Waals surface area contributed by atoms with Crippen LogP contribution in [0.3, 0.4) is 0 Å². The molecular formula is C10H15N3O3. The molecule has 0 saturated carbocycles. The predicted molar refractivity (Wildman–Crippen MR) is 57.1 cm³/mol. The Kier molecular flexibility index (Phi) is 4.04. The average Bonchev–Trinajstić information content (AvgIpc) is 2.61. The molecule has 1 heterocycles. The highest BCUT2D eigenvalue weighted by molar-refractivity contribution is 5.94. The number of carboxylic acids is 1. The van der Waals surface area contributed by atoms with E-state index in [1.165, 1.54) is 0 Å². The summed E-state index contributed by atoms with van der Waals surface area (Å²) in [4.78, 5) is 21.6. The predicted octanol–water partition coefficient (Wildman–Crippen LogP) is 0.423. The van der Waals surface area contributed by atoms with Gasteiger partial charge in [-0.3, -0.25) is 14.7 Å². The summed E-state index contributed by atoms with van der Waals surface area (Å²) in [5.41, 5.74) is 1.09. The van der Waals surface area contributed by atoms with E-state index in [0.717, 1.165) is 12.1 Å². The van der Waals surface area contributed by atoms with Gasteiger partial charge in [-0.25, -0.2) is 0 Å². The normalized spacial score (nSPS) is 10.4. The van der Waals surface area contributed by atoms with Gasteiger partial charge in [-0.2, -0.15) is 5.10 Å². The van der Waals surface area contributed by atoms with E-state index in [9.17, 15) is 9.59 Å². The summed E-state index contributed by atoms with van der Waals surface area (Å²) in [6.45, 7) is 3.72. The highest BCUT2D eigenvalue weighted by Gasteiger charge is 2.11. The van der Waals surface area contributed by atoms with Gasteiger partial charge in [-0.1, -0.05) is 13.8 Å². The van der Waals surface area contributed by atoms with E-state index in [-0.39, 0.29) is 5.69 Å². The second-order valence-electron chi connectivity index (χ2n) is 3.95. The minimum atomic E-state index is -1.08. The van der Waals surface area contributed by atoms with Crippen molar-refractivity contribution in [3.8, 4) is 0 Å². The summed E-state index contributed by atoms with van der Waals surface area (Å²) in [7, 11) is 0. The Hall–Kier alpha value is -1.85. The number of amides is 1. The number of carboxylic acid groups (broad SMARTS) is 1. The van der Waals surface area contributed by atoms with Gasteiger partial charge in [-0.15, -0.1) is 0 Å². The third kappa shape index (κ3) is 3.72. The summed E-state index contributed by atoms with van der Waals surface area (Å²) < 4.78 is 0. The van der Waals surface area contributed by atoms with Gasteiger partial charge in [0.2, 0.25) is 0 Å². The van der Waals surface area contributed by atoms with Crippen LogP contribution in [0.15, 0.2) is 6.07 Å². The van der Waals surface area contributed by atoms with Gasteiger partial charge in [0.1, 0.15) is 12.2 Å². The molecule has 0 aliphatic rings. The van der Waals surface area contributed by atoms with Crippen LogP contribution in [0.1, 0.15) is 30.0 Å². The molecule has 3 N–H and O–H groups in total. The van der Waals surface area contributed by atoms with E-state index < -0.39 is 18.4 Å². The first-order valence-corrected chi connectivity index (χ1v) is 5.03. The number of hydrogen-bond acceptors (Lipinski definition) is 3. The van der Waals surface area contributed by atoms with Gasteiger partial charge in [-0.05, 0) is 18.4 Å². The maximum absolute atomic E-state index is 11.4. The van der Waals surface area contributed by atoms with Gasteiger partial charge in [0.25, 0.3) is 5.91 Å². The largest absolute Gasteiger partial charge is 0.480 e. The van der Waals surface area contributed by atoms with Crippen LogP contribution in [-0.4, -0.2) is 33.7 Å². The second kappa shape index (κ2) is 5.29. The Balaban J connectivity index is 2.56. The molecule has 88 valence electrons. The number of rotatable bonds is 5. The van der Waals surface area contributed by atoms with E-state index in [2.05, 4.69) is 29.4 Å². The fraction of sp³-hybridized carbons (Fsp3) is 0.500. The topological polar surface area (TPSA) is 95.1 Å². The number of carbonyl (C=O) groups excluding carboxylic acids is 1. The molecule has 0 aliphatic heterocycles. The first kappa shape index (κ1) is 12.2. The lowest BCUT2D eigenvalue weighted by Gasteiger charge is -1.99. The molecule has 1 amide bonds. The van der Waals surface area contributed by atoms with Crippen molar-refractivity contribution in [3.05, 3.63) is 17.5 Å². The van der Waals surface area contributed by atoms with Crippen LogP contribution in [0.4, 0.5) is 0 Å². The Bertz CT molecular complexity index is 384. The fourth-order valence-electron chi connectivity index (χ4n) is 1.27. The van der Waals surface area contributed by atoms with Gasteiger partial charge in [0.15, 0.2) is 0 Å². The molecule has 0 atom stereocenters. The molecule has 1 aromatic rings. The van der Waals surface area contributed by atoms with Crippen molar-refractivity contribution in [1.82, 2.24) is 15.5 Å². The van der Waals surface area contributed by atoms with Crippen LogP contribution >= 0.6 is 0 Å². The standard InChI is InChI=1S/C10H15N3O3/c1-6(2)3-7-4-8(13-12-7)10(16)11-5-9(14)15/h4,6H,3,5H2,1-2H3,(H,11,16)(H,12,13)(H,14,15). The highest BCUT2D eigenvalue weighted by Crippen LogP contribution is 2.06. The minimum Gasteiger partial charge on any atom is -0.480 e. The van der Waals surface area contributed by atoms with Gasteiger partial charge in [0.05, 0.1) is 0 Å². The fourth-order valence-corrected chi connectivity index (χ4v) is 1.27. The number of nitrogens with one attached hydrogen (secondary N) is 2. The molecule has 0 radical (unpaired) electrons. The quantitative estimate of drug-likeness (QED) is 0.676. The van der Waals surface area contributed by atoms with Crippen molar-refractivity contribution in [2.45, 2.75) is 20.3 Å². The van der Waals surface area contributed by atoms with E-state index in [1.807, 2.05) is 0 Å². The third-order valence-corrected chi connectivity index (χ3v) is 1.89. The van der Waals surface area contributed by atoms with Crippen LogP contribution in [0.5, 0.6) is 0 Å². The van der Waals surface area contributed by atoms with Crippen molar-refractivity contribution < 1.29 is 14.7 Å². The van der Waals surface area contributed by atoms with E-state index in [0.29, 0.717) is 5.92 Å². The molecule has 0 spiro atoms. The maximum atomic E-state index is 11.4. The molecule has 1 aromatic heterocycles. The number of aromatic amines is 1. The monoisotopic (exact) mass is 225 g/mol. The third-order valence-electron chi connectivity index (χ3n) is 1.89. The van der Waals surface area contributed by atoms with Crippen molar-refractivity contribution in [2.24, 2.45) is 5.92 Å². The molecule has 0 unspecified atom stereocenters. The zero-order chi connectivity index (χ0) is 12.1. The molecule has 0 aliphatic carbocycles. The zero-order valence-electron chi connectivity index (χ0n) is 9.28. The molecular weight excluding hydrogens is 210 g/mol. The van der Waals surface area contributed by atoms with Crippen LogP contribution in [-0.2, 0) is 11.2 Å². The van der Waals surface area contributed by atoms with E-state index in [4.69, 9.17) is 5.11 Å². The number of aromatic nitrogens is 2. The van der Waals surface area contributed by atoms with E-state index in [1.54, 1.807) is 6.07 Å². The maximum Gasteiger partial charge on any atom is 0.322 e. The summed E-state index contributed by atoms with van der Waals surface area (Å²) in [6, 6.07) is 1.64. The van der Waals surface area contributed by atoms with Crippen LogP contribution in [0, 0.1) is 5.92 Å². The summed E-state index contributed by atoms with van der Waals surface area (Å²) in [5.74, 6) is -1.09. The lowest BCUT2D eigenvalue weighted by atomic mass is 10.1. The first-order chi connectivity index (χ1) is 7.49. The molecule has 0 fully saturated rings. The molecule has 16 heavy (non-hydrogen) atoms. The van der Waals surface area contributed by atoms with Crippen LogP contribution < -0.4 is 5.32 Å². The lowest BCUT2D eigenvalue weighted by molar-refractivity contribution is -0.135. The van der Waals surface area contributed by atoms with E-state index >= 15 is 0 Å². The number of nitrogens with zero attached hydrogens (tertiary/aromatic N) is 1. The van der Waals surface area contributed by atoms with Gasteiger partial charge < -0.3 is 10.4 Å². The smallest absolute Gasteiger partial charge is 0.322 e. The highest BCUT2D eigenvalue weighted by atomic mass is 16.4. The summed E-state index contributed by atoms with van der Waals surface area (Å²) in [5, 5.41) is 17.2. The Morgan fingerprint density at radius 2 is 2.25 bits per heavy atom. The number of hydrogen-bond donors (Lipinski definition) is 3. The van der Waals surface area contributed by atoms with Crippen molar-refractivity contribution in [1.29, 1.82) is 0 Å². The molecule has 6 heteroatoms. The van der Waals surface area contributed by atoms with Crippen molar-refractivity contribution in [3.63, 3.8) is 0 Å². The van der Waals surface area contributed by atoms with Crippen molar-refractivity contribution in [2.75, 3.05) is 6.54 Å². The van der Waals surface area contributed by atoms with Crippen molar-refractivity contribution >= 4 is 11.9 Å². The number of H-pyrrole nitrogens is 1. The Morgan fingerprint density at radius 3 is 2.81 bits per heavy atom. The average molecular weight is 225 g/mol. The van der Waals surface area contributed by atoms with Gasteiger partial charge >= 0.3 is 5.97 Å².